The molecule has 1 aromatic heterocycles. The molecule has 0 aliphatic carbocycles. The number of nitrogens with zero attached hydrogens (tertiary/aromatic N) is 2. The van der Waals surface area contributed by atoms with Crippen LogP contribution < -0.4 is 16.6 Å². The third-order valence-electron chi connectivity index (χ3n) is 13.1. The predicted octanol–water partition coefficient (Wildman–Crippen LogP) is 2.08. The van der Waals surface area contributed by atoms with Crippen molar-refractivity contribution in [1.82, 2.24) is 19.8 Å². The number of hydrogen-bond donors (Lipinski definition) is 7. The summed E-state index contributed by atoms with van der Waals surface area (Å²) in [6.07, 6.45) is 5.75. The van der Waals surface area contributed by atoms with Crippen molar-refractivity contribution in [2.75, 3.05) is 59.5 Å². The van der Waals surface area contributed by atoms with Gasteiger partial charge >= 0.3 is 13.5 Å². The monoisotopic (exact) mass is 1080 g/mol. The van der Waals surface area contributed by atoms with Gasteiger partial charge in [-0.25, -0.2) is 9.36 Å². The minimum absolute atomic E-state index is 0.0260. The summed E-state index contributed by atoms with van der Waals surface area (Å²) in [5.74, 6) is -0.658. The first-order valence-electron chi connectivity index (χ1n) is 25.3. The van der Waals surface area contributed by atoms with Crippen molar-refractivity contribution in [1.29, 1.82) is 0 Å². The van der Waals surface area contributed by atoms with Crippen molar-refractivity contribution in [2.24, 2.45) is 5.92 Å². The van der Waals surface area contributed by atoms with Crippen LogP contribution in [0.3, 0.4) is 0 Å². The van der Waals surface area contributed by atoms with Crippen LogP contribution in [-0.4, -0.2) is 177 Å². The molecule has 4 heterocycles. The van der Waals surface area contributed by atoms with Crippen LogP contribution in [0.2, 0.25) is 0 Å². The number of unbranched alkanes of at least 4 members (excludes halogenated alkanes) is 8. The van der Waals surface area contributed by atoms with Crippen LogP contribution in [-0.2, 0) is 56.5 Å². The highest BCUT2D eigenvalue weighted by atomic mass is 32.2. The van der Waals surface area contributed by atoms with Gasteiger partial charge in [0.05, 0.1) is 36.7 Å². The fourth-order valence-electron chi connectivity index (χ4n) is 8.74. The average Bonchev–Trinajstić information content (AvgIpc) is 3.91. The van der Waals surface area contributed by atoms with E-state index < -0.39 is 85.1 Å². The molecule has 414 valence electrons. The summed E-state index contributed by atoms with van der Waals surface area (Å²) < 4.78 is 44.7. The number of aliphatic hydroxyl groups excluding tert-OH is 4. The molecule has 0 bridgehead atoms. The molecule has 3 saturated heterocycles. The molecule has 4 rings (SSSR count). The number of H-pyrrole nitrogens is 1. The number of imide groups is 1. The third kappa shape index (κ3) is 20.5. The Labute approximate surface area is 429 Å². The van der Waals surface area contributed by atoms with Crippen molar-refractivity contribution in [3.05, 3.63) is 38.7 Å². The van der Waals surface area contributed by atoms with Crippen molar-refractivity contribution >= 4 is 54.9 Å². The molecule has 3 fully saturated rings. The Bertz CT molecular complexity index is 2130. The molecule has 3 aliphatic heterocycles. The first kappa shape index (κ1) is 62.1. The second-order valence-electron chi connectivity index (χ2n) is 18.8. The lowest BCUT2D eigenvalue weighted by molar-refractivity contribution is -0.138. The van der Waals surface area contributed by atoms with E-state index in [2.05, 4.69) is 10.3 Å². The minimum Gasteiger partial charge on any atom is -0.396 e. The summed E-state index contributed by atoms with van der Waals surface area (Å²) in [4.78, 5) is 101. The zero-order valence-corrected chi connectivity index (χ0v) is 43.9. The molecule has 0 spiro atoms. The Morgan fingerprint density at radius 2 is 1.52 bits per heavy atom. The fourth-order valence-corrected chi connectivity index (χ4v) is 10.7. The first-order valence-corrected chi connectivity index (χ1v) is 27.8. The van der Waals surface area contributed by atoms with Crippen LogP contribution in [0.15, 0.2) is 21.9 Å². The molecule has 7 N–H and O–H groups in total. The molecule has 23 nitrogen and oxygen atoms in total. The number of Topliss-reactive ketones (excluding diaryl/α,β-unsaturated/α-hetero) is 2. The highest BCUT2D eigenvalue weighted by Crippen LogP contribution is 2.45. The van der Waals surface area contributed by atoms with Crippen LogP contribution in [0.1, 0.15) is 128 Å². The van der Waals surface area contributed by atoms with Gasteiger partial charge in [0.1, 0.15) is 48.2 Å². The molecule has 73 heavy (non-hydrogen) atoms. The number of likely N-dealkylation sites (tertiary alicyclic amines) is 1. The Hall–Kier alpha value is -3.49. The molecule has 3 aliphatic rings. The maximum absolute atomic E-state index is 13.0. The summed E-state index contributed by atoms with van der Waals surface area (Å²) >= 11 is 1.33. The summed E-state index contributed by atoms with van der Waals surface area (Å²) in [6.45, 7) is 1.53. The zero-order valence-electron chi connectivity index (χ0n) is 42.2. The highest BCUT2D eigenvalue weighted by Gasteiger charge is 2.45. The van der Waals surface area contributed by atoms with Gasteiger partial charge in [-0.1, -0.05) is 38.5 Å². The zero-order chi connectivity index (χ0) is 53.5. The van der Waals surface area contributed by atoms with Gasteiger partial charge in [0.15, 0.2) is 6.23 Å². The van der Waals surface area contributed by atoms with Crippen molar-refractivity contribution in [2.45, 2.75) is 170 Å². The lowest BCUT2D eigenvalue weighted by Gasteiger charge is -2.21. The lowest BCUT2D eigenvalue weighted by atomic mass is 10.0. The molecule has 3 amide bonds. The van der Waals surface area contributed by atoms with Gasteiger partial charge in [-0.05, 0) is 51.5 Å². The van der Waals surface area contributed by atoms with Crippen molar-refractivity contribution in [3.8, 4) is 0 Å². The normalized spacial score (nSPS) is 25.5. The van der Waals surface area contributed by atoms with Crippen LogP contribution >= 0.6 is 19.6 Å². The second kappa shape index (κ2) is 32.2. The van der Waals surface area contributed by atoms with Crippen LogP contribution in [0.5, 0.6) is 0 Å². The van der Waals surface area contributed by atoms with Crippen molar-refractivity contribution < 1.29 is 81.9 Å². The SMILES string of the molecule is COC[C@H]1O[C@@H](n2cc(/C=C/C(=O)NCCCCCCCC(=O)CCSC3CC(=O)N(CCCCCC(=O)CCCCCC(CO)COP(=O)(O)OC[C@H]4O[C@@H](C)C(O)[C@H]4OC)C3=O)c(=O)[nH]c2=O)[C@@H](O)C1O. The second-order valence-corrected chi connectivity index (χ2v) is 21.5. The summed E-state index contributed by atoms with van der Waals surface area (Å²) in [5.41, 5.74) is -1.64. The van der Waals surface area contributed by atoms with Gasteiger partial charge in [-0.2, -0.15) is 0 Å². The number of carbonyl (C=O) groups excluding carboxylic acids is 5. The van der Waals surface area contributed by atoms with Gasteiger partial charge in [-0.3, -0.25) is 52.3 Å². The van der Waals surface area contributed by atoms with E-state index >= 15 is 0 Å². The number of rotatable bonds is 37. The van der Waals surface area contributed by atoms with Gasteiger partial charge in [0, 0.05) is 90.0 Å². The molecular weight excluding hydrogens is 1000 g/mol. The smallest absolute Gasteiger partial charge is 0.396 e. The van der Waals surface area contributed by atoms with E-state index in [0.717, 1.165) is 42.5 Å². The Kier molecular flexibility index (Phi) is 27.4. The van der Waals surface area contributed by atoms with E-state index in [0.29, 0.717) is 95.9 Å². The van der Waals surface area contributed by atoms with Gasteiger partial charge < -0.3 is 49.6 Å². The van der Waals surface area contributed by atoms with Gasteiger partial charge in [-0.15, -0.1) is 11.8 Å². The van der Waals surface area contributed by atoms with Crippen molar-refractivity contribution in [3.63, 3.8) is 0 Å². The number of carbonyl (C=O) groups is 5. The summed E-state index contributed by atoms with van der Waals surface area (Å²) in [7, 11) is -1.66. The fraction of sp³-hybridized carbons (Fsp3) is 0.771. The molecule has 0 radical (unpaired) electrons. The Morgan fingerprint density at radius 1 is 0.863 bits per heavy atom. The maximum Gasteiger partial charge on any atom is 0.472 e. The van der Waals surface area contributed by atoms with E-state index in [9.17, 15) is 63.4 Å². The number of hydrogen-bond acceptors (Lipinski definition) is 19. The van der Waals surface area contributed by atoms with E-state index in [4.69, 9.17) is 28.0 Å². The molecule has 25 heteroatoms. The number of thioether (sulfide) groups is 1. The number of methoxy groups -OCH3 is 2. The largest absolute Gasteiger partial charge is 0.472 e. The molecular formula is C48H77N4O19PS. The highest BCUT2D eigenvalue weighted by molar-refractivity contribution is 8.00. The summed E-state index contributed by atoms with van der Waals surface area (Å²) in [5, 5.41) is 42.7. The molecule has 0 saturated carbocycles. The standard InChI is InChI=1S/C48H77N4O19PS/c1-31-41(58)44(67-3)37(70-31)30-69-72(64,65)68-28-32(27-53)15-9-7-11-16-34(54)17-12-8-14-23-51-40(57)25-38(46(51)62)73-24-21-35(55)18-10-5-4-6-13-22-49-39(56)20-19-33-26-52(48(63)50-45(33)61)47-43(60)42(59)36(71-47)29-66-2/h19-20,26,31-32,36-38,41-44,47,53,58-60H,4-18,21-25,27-30H2,1-3H3,(H,49,56)(H,64,65)(H,50,61,63)/b20-19+/t31-,32?,36+,37+,38?,41?,42?,43-,44-,47+/m0/s1. The number of aromatic amines is 1. The maximum atomic E-state index is 13.0. The molecule has 11 atom stereocenters. The van der Waals surface area contributed by atoms with Gasteiger partial charge in [0.25, 0.3) is 5.56 Å². The Balaban J connectivity index is 0.964. The third-order valence-corrected chi connectivity index (χ3v) is 15.2. The molecule has 0 aromatic carbocycles. The van der Waals surface area contributed by atoms with E-state index in [1.165, 1.54) is 37.0 Å². The van der Waals surface area contributed by atoms with Crippen LogP contribution in [0.4, 0.5) is 0 Å². The number of ether oxygens (including phenoxy) is 4. The molecule has 5 unspecified atom stereocenters. The summed E-state index contributed by atoms with van der Waals surface area (Å²) in [6, 6.07) is 0. The number of aromatic nitrogens is 2. The van der Waals surface area contributed by atoms with E-state index in [1.54, 1.807) is 6.92 Å². The van der Waals surface area contributed by atoms with Crippen LogP contribution in [0, 0.1) is 5.92 Å². The van der Waals surface area contributed by atoms with Gasteiger partial charge in [0.2, 0.25) is 17.7 Å². The number of amides is 3. The quantitative estimate of drug-likeness (QED) is 0.0217. The number of ketones is 2. The molecule has 1 aromatic rings. The topological polar surface area (TPSA) is 329 Å². The number of nitrogens with one attached hydrogen (secondary N) is 2. The number of phosphoric ester groups is 1. The van der Waals surface area contributed by atoms with Crippen LogP contribution in [0.25, 0.3) is 6.08 Å². The minimum atomic E-state index is -4.45. The average molecular weight is 1080 g/mol. The number of phosphoric acid groups is 1. The first-order chi connectivity index (χ1) is 34.9. The lowest BCUT2D eigenvalue weighted by Crippen LogP contribution is -2.38. The van der Waals surface area contributed by atoms with E-state index in [-0.39, 0.29) is 61.8 Å². The number of aliphatic hydroxyl groups is 4. The van der Waals surface area contributed by atoms with E-state index in [1.807, 2.05) is 0 Å². The Morgan fingerprint density at radius 3 is 2.21 bits per heavy atom. The predicted molar refractivity (Wildman–Crippen MR) is 266 cm³/mol.